The highest BCUT2D eigenvalue weighted by Crippen LogP contribution is 2.22. The molecule has 8 heteroatoms. The second kappa shape index (κ2) is 4.42. The summed E-state index contributed by atoms with van der Waals surface area (Å²) < 4.78 is 41.8. The molecule has 0 bridgehead atoms. The molecule has 0 spiro atoms. The van der Waals surface area contributed by atoms with Crippen LogP contribution in [0.4, 0.5) is 13.2 Å². The van der Waals surface area contributed by atoms with E-state index in [9.17, 15) is 13.2 Å². The second-order valence-corrected chi connectivity index (χ2v) is 3.07. The normalized spacial score (nSPS) is 11.5. The van der Waals surface area contributed by atoms with Crippen LogP contribution >= 0.6 is 0 Å². The third kappa shape index (κ3) is 3.14. The molecule has 1 aromatic heterocycles. The summed E-state index contributed by atoms with van der Waals surface area (Å²) in [6.45, 7) is -0.361. The molecule has 0 saturated heterocycles. The maximum absolute atomic E-state index is 12.0. The summed E-state index contributed by atoms with van der Waals surface area (Å²) in [7, 11) is 1.31. The fourth-order valence-corrected chi connectivity index (χ4v) is 1.09. The molecule has 0 fully saturated rings. The Hall–Kier alpha value is -1.73. The van der Waals surface area contributed by atoms with Crippen LogP contribution in [0.25, 0.3) is 0 Å². The third-order valence-corrected chi connectivity index (χ3v) is 1.84. The van der Waals surface area contributed by atoms with E-state index in [1.165, 1.54) is 13.2 Å². The van der Waals surface area contributed by atoms with Gasteiger partial charge in [-0.15, -0.1) is 0 Å². The number of nitrogens with zero attached hydrogens (tertiary/aromatic N) is 2. The van der Waals surface area contributed by atoms with Crippen molar-refractivity contribution in [1.82, 2.24) is 9.78 Å². The molecule has 0 unspecified atom stereocenters. The van der Waals surface area contributed by atoms with E-state index >= 15 is 0 Å². The lowest BCUT2D eigenvalue weighted by atomic mass is 10.4. The number of methoxy groups -OCH3 is 1. The molecule has 0 aliphatic carbocycles. The number of hydrogen-bond acceptors (Lipinski definition) is 3. The van der Waals surface area contributed by atoms with Crippen LogP contribution < -0.4 is 10.5 Å². The molecule has 16 heavy (non-hydrogen) atoms. The minimum Gasteiger partial charge on any atom is -0.481 e. The van der Waals surface area contributed by atoms with E-state index < -0.39 is 12.6 Å². The number of alkyl halides is 3. The number of nitrogens with two attached hydrogens (primary N) is 1. The van der Waals surface area contributed by atoms with Crippen molar-refractivity contribution < 1.29 is 17.9 Å². The SMILES string of the molecule is COc1cc(C(=N)N)nn1CCC(F)(F)F. The van der Waals surface area contributed by atoms with Gasteiger partial charge in [0.15, 0.2) is 0 Å². The monoisotopic (exact) mass is 236 g/mol. The lowest BCUT2D eigenvalue weighted by Crippen LogP contribution is -2.15. The molecule has 1 heterocycles. The van der Waals surface area contributed by atoms with Crippen molar-refractivity contribution in [2.75, 3.05) is 7.11 Å². The van der Waals surface area contributed by atoms with Gasteiger partial charge >= 0.3 is 6.18 Å². The minimum absolute atomic E-state index is 0.0963. The van der Waals surface area contributed by atoms with Crippen LogP contribution in [0.15, 0.2) is 6.07 Å². The van der Waals surface area contributed by atoms with Crippen molar-refractivity contribution in [2.24, 2.45) is 5.73 Å². The van der Waals surface area contributed by atoms with Crippen molar-refractivity contribution in [3.63, 3.8) is 0 Å². The minimum atomic E-state index is -4.26. The Morgan fingerprint density at radius 1 is 1.62 bits per heavy atom. The highest BCUT2D eigenvalue weighted by molar-refractivity contribution is 5.93. The molecule has 0 saturated carbocycles. The van der Waals surface area contributed by atoms with E-state index in [4.69, 9.17) is 15.9 Å². The molecular formula is C8H11F3N4O. The first kappa shape index (κ1) is 12.3. The number of rotatable bonds is 4. The van der Waals surface area contributed by atoms with E-state index in [-0.39, 0.29) is 24.0 Å². The summed E-state index contributed by atoms with van der Waals surface area (Å²) in [4.78, 5) is 0. The Kier molecular flexibility index (Phi) is 3.41. The van der Waals surface area contributed by atoms with Gasteiger partial charge in [-0.1, -0.05) is 0 Å². The van der Waals surface area contributed by atoms with Crippen molar-refractivity contribution in [3.8, 4) is 5.88 Å². The molecule has 0 atom stereocenters. The van der Waals surface area contributed by atoms with Crippen molar-refractivity contribution >= 4 is 5.84 Å². The Morgan fingerprint density at radius 3 is 2.69 bits per heavy atom. The number of aromatic nitrogens is 2. The maximum Gasteiger partial charge on any atom is 0.390 e. The lowest BCUT2D eigenvalue weighted by molar-refractivity contribution is -0.137. The summed E-state index contributed by atoms with van der Waals surface area (Å²) in [5.41, 5.74) is 5.26. The summed E-state index contributed by atoms with van der Waals surface area (Å²) >= 11 is 0. The fraction of sp³-hybridized carbons (Fsp3) is 0.500. The van der Waals surface area contributed by atoms with E-state index in [1.54, 1.807) is 0 Å². The van der Waals surface area contributed by atoms with Crippen LogP contribution in [0.5, 0.6) is 5.88 Å². The second-order valence-electron chi connectivity index (χ2n) is 3.07. The van der Waals surface area contributed by atoms with Gasteiger partial charge in [0.1, 0.15) is 11.5 Å². The zero-order chi connectivity index (χ0) is 12.3. The topological polar surface area (TPSA) is 76.9 Å². The van der Waals surface area contributed by atoms with Gasteiger partial charge in [0.25, 0.3) is 0 Å². The van der Waals surface area contributed by atoms with E-state index in [0.29, 0.717) is 0 Å². The molecule has 3 N–H and O–H groups in total. The predicted octanol–water partition coefficient (Wildman–Crippen LogP) is 1.13. The summed E-state index contributed by atoms with van der Waals surface area (Å²) in [5.74, 6) is -0.168. The molecular weight excluding hydrogens is 225 g/mol. The average molecular weight is 236 g/mol. The molecule has 0 radical (unpaired) electrons. The Bertz CT molecular complexity index is 385. The third-order valence-electron chi connectivity index (χ3n) is 1.84. The summed E-state index contributed by atoms with van der Waals surface area (Å²) in [5, 5.41) is 10.8. The first-order valence-corrected chi connectivity index (χ1v) is 4.36. The first-order valence-electron chi connectivity index (χ1n) is 4.36. The molecule has 90 valence electrons. The van der Waals surface area contributed by atoms with Crippen molar-refractivity contribution in [3.05, 3.63) is 11.8 Å². The van der Waals surface area contributed by atoms with Gasteiger partial charge in [0.2, 0.25) is 5.88 Å². The van der Waals surface area contributed by atoms with Gasteiger partial charge in [0, 0.05) is 6.07 Å². The zero-order valence-corrected chi connectivity index (χ0v) is 8.51. The number of halogens is 3. The van der Waals surface area contributed by atoms with Crippen LogP contribution in [0.1, 0.15) is 12.1 Å². The van der Waals surface area contributed by atoms with Gasteiger partial charge in [-0.25, -0.2) is 4.68 Å². The van der Waals surface area contributed by atoms with Gasteiger partial charge in [-0.2, -0.15) is 18.3 Å². The molecule has 0 aliphatic rings. The van der Waals surface area contributed by atoms with Crippen LogP contribution in [-0.2, 0) is 6.54 Å². The van der Waals surface area contributed by atoms with Crippen LogP contribution in [0.2, 0.25) is 0 Å². The Morgan fingerprint density at radius 2 is 2.25 bits per heavy atom. The number of nitrogen functional groups attached to an aromatic ring is 1. The predicted molar refractivity (Wildman–Crippen MR) is 50.5 cm³/mol. The summed E-state index contributed by atoms with van der Waals surface area (Å²) in [6, 6.07) is 1.32. The number of ether oxygens (including phenoxy) is 1. The first-order chi connectivity index (χ1) is 7.33. The smallest absolute Gasteiger partial charge is 0.390 e. The van der Waals surface area contributed by atoms with Gasteiger partial charge in [-0.3, -0.25) is 5.41 Å². The Labute approximate surface area is 89.5 Å². The average Bonchev–Trinajstić information content (AvgIpc) is 2.56. The highest BCUT2D eigenvalue weighted by Gasteiger charge is 2.27. The number of aryl methyl sites for hydroxylation is 1. The van der Waals surface area contributed by atoms with E-state index in [2.05, 4.69) is 5.10 Å². The standard InChI is InChI=1S/C8H11F3N4O/c1-16-6-4-5(7(12)13)14-15(6)3-2-8(9,10)11/h4H,2-3H2,1H3,(H3,12,13). The van der Waals surface area contributed by atoms with E-state index in [1.807, 2.05) is 0 Å². The Balaban J connectivity index is 2.82. The molecule has 1 aromatic rings. The maximum atomic E-state index is 12.0. The van der Waals surface area contributed by atoms with Crippen LogP contribution in [0, 0.1) is 5.41 Å². The summed E-state index contributed by atoms with van der Waals surface area (Å²) in [6.07, 6.45) is -5.27. The largest absolute Gasteiger partial charge is 0.481 e. The molecule has 1 rings (SSSR count). The van der Waals surface area contributed by atoms with Gasteiger partial charge < -0.3 is 10.5 Å². The number of amidine groups is 1. The lowest BCUT2D eigenvalue weighted by Gasteiger charge is -2.08. The number of hydrogen-bond donors (Lipinski definition) is 2. The quantitative estimate of drug-likeness (QED) is 0.607. The van der Waals surface area contributed by atoms with E-state index in [0.717, 1.165) is 4.68 Å². The van der Waals surface area contributed by atoms with Gasteiger partial charge in [0.05, 0.1) is 20.1 Å². The molecule has 0 aliphatic heterocycles. The van der Waals surface area contributed by atoms with Crippen molar-refractivity contribution in [1.29, 1.82) is 5.41 Å². The molecule has 0 amide bonds. The fourth-order valence-electron chi connectivity index (χ4n) is 1.09. The highest BCUT2D eigenvalue weighted by atomic mass is 19.4. The van der Waals surface area contributed by atoms with Crippen LogP contribution in [-0.4, -0.2) is 28.9 Å². The van der Waals surface area contributed by atoms with Crippen LogP contribution in [0.3, 0.4) is 0 Å². The molecule has 0 aromatic carbocycles. The van der Waals surface area contributed by atoms with Gasteiger partial charge in [-0.05, 0) is 0 Å². The zero-order valence-electron chi connectivity index (χ0n) is 8.51. The molecule has 5 nitrogen and oxygen atoms in total. The van der Waals surface area contributed by atoms with Crippen molar-refractivity contribution in [2.45, 2.75) is 19.1 Å². The number of nitrogens with one attached hydrogen (secondary N) is 1.